The lowest BCUT2D eigenvalue weighted by Crippen LogP contribution is -2.98. The molecule has 11 heteroatoms. The molecule has 1 atom stereocenters. The molecule has 172 valence electrons. The second-order valence-corrected chi connectivity index (χ2v) is 8.07. The molecule has 3 aromatic rings. The molecule has 1 aromatic heterocycles. The Bertz CT molecular complexity index is 1210. The molecule has 3 heterocycles. The molecular weight excluding hydrogens is 426 g/mol. The Kier molecular flexibility index (Phi) is 5.67. The van der Waals surface area contributed by atoms with Crippen molar-refractivity contribution < 1.29 is 30.0 Å². The van der Waals surface area contributed by atoms with E-state index in [-0.39, 0.29) is 22.3 Å². The first-order valence-electron chi connectivity index (χ1n) is 10.9. The lowest BCUT2D eigenvalue weighted by atomic mass is 10.1. The Hall–Kier alpha value is -3.54. The molecular formula is C22H25N7O4. The molecule has 2 aliphatic heterocycles. The molecule has 2 aliphatic rings. The van der Waals surface area contributed by atoms with Crippen LogP contribution in [0.5, 0.6) is 17.2 Å². The predicted molar refractivity (Wildman–Crippen MR) is 114 cm³/mol. The van der Waals surface area contributed by atoms with Crippen molar-refractivity contribution in [3.05, 3.63) is 36.8 Å². The topological polar surface area (TPSA) is 128 Å². The molecule has 5 rings (SSSR count). The van der Waals surface area contributed by atoms with Crippen LogP contribution in [0.15, 0.2) is 42.0 Å². The maximum Gasteiger partial charge on any atom is 0.295 e. The van der Waals surface area contributed by atoms with Crippen LogP contribution in [0.4, 0.5) is 17.1 Å². The minimum atomic E-state index is -0.502. The summed E-state index contributed by atoms with van der Waals surface area (Å²) in [7, 11) is 1.69. The molecule has 0 aliphatic carbocycles. The Morgan fingerprint density at radius 1 is 1.15 bits per heavy atom. The van der Waals surface area contributed by atoms with Crippen molar-refractivity contribution in [3.63, 3.8) is 0 Å². The average Bonchev–Trinajstić information content (AvgIpc) is 3.19. The van der Waals surface area contributed by atoms with Crippen LogP contribution in [0.3, 0.4) is 0 Å². The lowest BCUT2D eigenvalue weighted by molar-refractivity contribution is -1.06. The van der Waals surface area contributed by atoms with E-state index < -0.39 is 16.7 Å². The summed E-state index contributed by atoms with van der Waals surface area (Å²) in [5, 5.41) is 39.7. The van der Waals surface area contributed by atoms with E-state index in [4.69, 9.17) is 4.74 Å². The summed E-state index contributed by atoms with van der Waals surface area (Å²) < 4.78 is 6.92. The van der Waals surface area contributed by atoms with Crippen LogP contribution in [-0.2, 0) is 0 Å². The number of fused-ring (bicyclic) bond motifs is 2. The van der Waals surface area contributed by atoms with Gasteiger partial charge in [0.25, 0.3) is 11.4 Å². The molecule has 2 aromatic carbocycles. The number of benzene rings is 2. The van der Waals surface area contributed by atoms with E-state index in [1.54, 1.807) is 7.11 Å². The second kappa shape index (κ2) is 8.77. The highest BCUT2D eigenvalue weighted by molar-refractivity contribution is 5.97. The minimum absolute atomic E-state index is 0.00488. The van der Waals surface area contributed by atoms with Crippen molar-refractivity contribution in [2.75, 3.05) is 51.3 Å². The standard InChI is InChI=1S/C22H24N7O4/c1-33-17-6-3-2-5-16(17)27-11-9-26(10-12-27)7-4-8-28-19-20(29(32)25-28)22(31)18-15(21(19)30)13-23-14-24-18/h2-3,5-6,13-14,32H,4,7-12H2,1H3/q-1/p+1. The number of aromatic nitrogens is 2. The highest BCUT2D eigenvalue weighted by Crippen LogP contribution is 2.44. The Morgan fingerprint density at radius 2 is 1.94 bits per heavy atom. The van der Waals surface area contributed by atoms with Gasteiger partial charge in [0.2, 0.25) is 5.22 Å². The normalized spacial score (nSPS) is 18.4. The summed E-state index contributed by atoms with van der Waals surface area (Å²) in [6, 6.07) is 8.02. The van der Waals surface area contributed by atoms with Crippen LogP contribution in [0.1, 0.15) is 6.42 Å². The maximum atomic E-state index is 12.9. The van der Waals surface area contributed by atoms with Gasteiger partial charge in [-0.15, -0.1) is 0 Å². The maximum absolute atomic E-state index is 12.9. The van der Waals surface area contributed by atoms with Gasteiger partial charge in [-0.3, -0.25) is 4.90 Å². The number of rotatable bonds is 6. The summed E-state index contributed by atoms with van der Waals surface area (Å²) in [5.74, 6) is -0.0166. The van der Waals surface area contributed by atoms with Crippen LogP contribution < -0.4 is 25.0 Å². The van der Waals surface area contributed by atoms with Crippen molar-refractivity contribution >= 4 is 28.0 Å². The zero-order valence-electron chi connectivity index (χ0n) is 18.3. The number of methoxy groups -OCH3 is 1. The molecule has 0 saturated carbocycles. The molecule has 1 saturated heterocycles. The fraction of sp³-hybridized carbons (Fsp3) is 0.364. The monoisotopic (exact) mass is 451 g/mol. The molecule has 0 spiro atoms. The minimum Gasteiger partial charge on any atom is -0.867 e. The van der Waals surface area contributed by atoms with Gasteiger partial charge >= 0.3 is 0 Å². The van der Waals surface area contributed by atoms with Gasteiger partial charge in [-0.1, -0.05) is 12.1 Å². The summed E-state index contributed by atoms with van der Waals surface area (Å²) in [4.78, 5) is 12.5. The number of anilines is 1. The van der Waals surface area contributed by atoms with E-state index in [9.17, 15) is 15.4 Å². The van der Waals surface area contributed by atoms with E-state index in [1.165, 1.54) is 17.2 Å². The zero-order valence-corrected chi connectivity index (χ0v) is 18.3. The van der Waals surface area contributed by atoms with Crippen LogP contribution in [0.2, 0.25) is 0 Å². The van der Waals surface area contributed by atoms with Crippen LogP contribution in [-0.4, -0.2) is 71.2 Å². The van der Waals surface area contributed by atoms with Gasteiger partial charge in [0.05, 0.1) is 18.3 Å². The molecule has 0 radical (unpaired) electrons. The fourth-order valence-electron chi connectivity index (χ4n) is 4.52. The van der Waals surface area contributed by atoms with Crippen LogP contribution >= 0.6 is 0 Å². The number of nitrogens with one attached hydrogen (secondary N) is 1. The smallest absolute Gasteiger partial charge is 0.295 e. The van der Waals surface area contributed by atoms with Gasteiger partial charge in [-0.05, 0) is 28.3 Å². The van der Waals surface area contributed by atoms with Crippen LogP contribution in [0, 0.1) is 0 Å². The number of nitrogens with zero attached hydrogens (tertiary/aromatic N) is 6. The van der Waals surface area contributed by atoms with E-state index in [0.717, 1.165) is 50.6 Å². The van der Waals surface area contributed by atoms with Gasteiger partial charge in [0.1, 0.15) is 12.1 Å². The average molecular weight is 451 g/mol. The van der Waals surface area contributed by atoms with E-state index in [1.807, 2.05) is 18.2 Å². The zero-order chi connectivity index (χ0) is 22.9. The summed E-state index contributed by atoms with van der Waals surface area (Å²) in [5.41, 5.74) is 1.15. The van der Waals surface area contributed by atoms with E-state index in [2.05, 4.69) is 31.1 Å². The van der Waals surface area contributed by atoms with Crippen molar-refractivity contribution in [1.29, 1.82) is 0 Å². The first-order valence-corrected chi connectivity index (χ1v) is 10.9. The van der Waals surface area contributed by atoms with Crippen molar-refractivity contribution in [2.45, 2.75) is 6.42 Å². The quantitative estimate of drug-likeness (QED) is 0.499. The third kappa shape index (κ3) is 3.80. The SMILES string of the molecule is COc1ccccc1N1CCN(CCC[N+]2=N[NH+](O)c3c2c([O-])c2cncnc2c3[O-])CC1. The molecule has 0 bridgehead atoms. The number of quaternary nitrogens is 1. The molecule has 2 N–H and O–H groups in total. The molecule has 1 fully saturated rings. The number of piperazine rings is 1. The molecule has 11 nitrogen and oxygen atoms in total. The van der Waals surface area contributed by atoms with Gasteiger partial charge in [0.15, 0.2) is 6.54 Å². The lowest BCUT2D eigenvalue weighted by Gasteiger charge is -2.36. The second-order valence-electron chi connectivity index (χ2n) is 8.07. The summed E-state index contributed by atoms with van der Waals surface area (Å²) >= 11 is 0. The largest absolute Gasteiger partial charge is 0.867 e. The van der Waals surface area contributed by atoms with Crippen molar-refractivity contribution in [1.82, 2.24) is 14.9 Å². The first-order chi connectivity index (χ1) is 16.1. The van der Waals surface area contributed by atoms with Gasteiger partial charge in [-0.25, -0.2) is 9.97 Å². The molecule has 33 heavy (non-hydrogen) atoms. The predicted octanol–water partition coefficient (Wildman–Crippen LogP) is -0.0717. The van der Waals surface area contributed by atoms with Gasteiger partial charge in [0, 0.05) is 55.9 Å². The molecule has 0 amide bonds. The molecule has 1 unspecified atom stereocenters. The number of hydrogen-bond acceptors (Lipinski definition) is 9. The van der Waals surface area contributed by atoms with E-state index >= 15 is 0 Å². The Labute approximate surface area is 190 Å². The highest BCUT2D eigenvalue weighted by atomic mass is 16.5. The van der Waals surface area contributed by atoms with Gasteiger partial charge in [-0.2, -0.15) is 5.21 Å². The Morgan fingerprint density at radius 3 is 2.73 bits per heavy atom. The number of ether oxygens (including phenoxy) is 1. The summed E-state index contributed by atoms with van der Waals surface area (Å²) in [6.45, 7) is 4.82. The number of para-hydroxylation sites is 2. The number of hydrogen-bond donors (Lipinski definition) is 2. The van der Waals surface area contributed by atoms with Crippen LogP contribution in [0.25, 0.3) is 10.9 Å². The third-order valence-electron chi connectivity index (χ3n) is 6.19. The highest BCUT2D eigenvalue weighted by Gasteiger charge is 2.39. The van der Waals surface area contributed by atoms with Gasteiger partial charge < -0.3 is 19.8 Å². The van der Waals surface area contributed by atoms with E-state index in [0.29, 0.717) is 6.54 Å². The fourth-order valence-corrected chi connectivity index (χ4v) is 4.52. The van der Waals surface area contributed by atoms with Crippen molar-refractivity contribution in [2.24, 2.45) is 5.22 Å². The Balaban J connectivity index is 1.22. The first kappa shape index (κ1) is 21.3. The third-order valence-corrected chi connectivity index (χ3v) is 6.19. The van der Waals surface area contributed by atoms with Crippen molar-refractivity contribution in [3.8, 4) is 17.2 Å². The summed E-state index contributed by atoms with van der Waals surface area (Å²) in [6.07, 6.45) is 3.27.